The van der Waals surface area contributed by atoms with Crippen molar-refractivity contribution in [2.45, 2.75) is 73.0 Å². The van der Waals surface area contributed by atoms with Gasteiger partial charge in [-0.3, -0.25) is 9.59 Å². The standard InChI is InChI=1S/C41H47N3O3/c1-28(2)21-30-11-7-13-32(23-30)25-42-37-17-9-16-35(40(37)43-26-33-14-8-12-31(24-33)22-29(3)4)41(47)36-27-44(20-10-19-39(45)46)38-18-6-5-15-34(36)38/h5-9,11-18,23-24,27-29,42-43H,10,19-22,25-26H2,1-4H3,(H,45,46). The van der Waals surface area contributed by atoms with E-state index in [1.165, 1.54) is 16.7 Å². The Hall–Kier alpha value is -4.84. The quantitative estimate of drug-likeness (QED) is 0.0948. The van der Waals surface area contributed by atoms with Crippen molar-refractivity contribution >= 4 is 34.0 Å². The van der Waals surface area contributed by atoms with Crippen LogP contribution in [0.2, 0.25) is 0 Å². The smallest absolute Gasteiger partial charge is 0.303 e. The van der Waals surface area contributed by atoms with E-state index in [2.05, 4.69) is 86.9 Å². The molecule has 1 aromatic heterocycles. The fourth-order valence-electron chi connectivity index (χ4n) is 6.30. The van der Waals surface area contributed by atoms with E-state index in [0.29, 0.717) is 49.0 Å². The largest absolute Gasteiger partial charge is 0.481 e. The summed E-state index contributed by atoms with van der Waals surface area (Å²) in [6.07, 6.45) is 4.50. The number of carbonyl (C=O) groups excluding carboxylic acids is 1. The molecule has 1 heterocycles. The summed E-state index contributed by atoms with van der Waals surface area (Å²) in [5.41, 5.74) is 8.74. The van der Waals surface area contributed by atoms with E-state index in [1.54, 1.807) is 0 Å². The number of nitrogens with zero attached hydrogens (tertiary/aromatic N) is 1. The molecule has 244 valence electrons. The van der Waals surface area contributed by atoms with Gasteiger partial charge in [0, 0.05) is 54.3 Å². The maximum Gasteiger partial charge on any atom is 0.303 e. The molecule has 6 heteroatoms. The molecule has 0 aliphatic rings. The highest BCUT2D eigenvalue weighted by atomic mass is 16.4. The summed E-state index contributed by atoms with van der Waals surface area (Å²) in [5.74, 6) is 0.257. The Morgan fingerprint density at radius 3 is 1.94 bits per heavy atom. The third-order valence-corrected chi connectivity index (χ3v) is 8.35. The first-order valence-corrected chi connectivity index (χ1v) is 16.8. The number of benzene rings is 4. The summed E-state index contributed by atoms with van der Waals surface area (Å²) in [7, 11) is 0. The van der Waals surface area contributed by atoms with E-state index < -0.39 is 5.97 Å². The average molecular weight is 630 g/mol. The molecular weight excluding hydrogens is 582 g/mol. The molecule has 0 spiro atoms. The lowest BCUT2D eigenvalue weighted by Gasteiger charge is -2.18. The van der Waals surface area contributed by atoms with Gasteiger partial charge in [-0.1, -0.05) is 100 Å². The highest BCUT2D eigenvalue weighted by Gasteiger charge is 2.21. The number of aromatic nitrogens is 1. The van der Waals surface area contributed by atoms with E-state index >= 15 is 0 Å². The SMILES string of the molecule is CC(C)Cc1cccc(CNc2cccc(C(=O)c3cn(CCCC(=O)O)c4ccccc34)c2NCc2cccc(CC(C)C)c2)c1. The minimum absolute atomic E-state index is 0.0724. The van der Waals surface area contributed by atoms with Crippen molar-refractivity contribution in [3.05, 3.63) is 131 Å². The number of ketones is 1. The van der Waals surface area contributed by atoms with E-state index in [4.69, 9.17) is 0 Å². The lowest BCUT2D eigenvalue weighted by atomic mass is 9.99. The summed E-state index contributed by atoms with van der Waals surface area (Å²) >= 11 is 0. The number of nitrogens with one attached hydrogen (secondary N) is 2. The molecule has 47 heavy (non-hydrogen) atoms. The number of hydrogen-bond acceptors (Lipinski definition) is 4. The van der Waals surface area contributed by atoms with Gasteiger partial charge in [-0.2, -0.15) is 0 Å². The van der Waals surface area contributed by atoms with E-state index in [9.17, 15) is 14.7 Å². The van der Waals surface area contributed by atoms with Gasteiger partial charge in [0.1, 0.15) is 0 Å². The second-order valence-electron chi connectivity index (χ2n) is 13.4. The normalized spacial score (nSPS) is 11.4. The highest BCUT2D eigenvalue weighted by molar-refractivity contribution is 6.19. The molecule has 4 aromatic carbocycles. The minimum atomic E-state index is -0.820. The first kappa shape index (κ1) is 33.5. The predicted molar refractivity (Wildman–Crippen MR) is 193 cm³/mol. The highest BCUT2D eigenvalue weighted by Crippen LogP contribution is 2.32. The Labute approximate surface area is 278 Å². The molecule has 0 saturated heterocycles. The van der Waals surface area contributed by atoms with Crippen LogP contribution in [0.4, 0.5) is 11.4 Å². The Balaban J connectivity index is 1.49. The van der Waals surface area contributed by atoms with Crippen molar-refractivity contribution in [1.82, 2.24) is 4.57 Å². The van der Waals surface area contributed by atoms with Gasteiger partial charge in [0.15, 0.2) is 5.78 Å². The van der Waals surface area contributed by atoms with Crippen LogP contribution in [0.15, 0.2) is 97.2 Å². The van der Waals surface area contributed by atoms with Crippen molar-refractivity contribution < 1.29 is 14.7 Å². The molecule has 0 fully saturated rings. The van der Waals surface area contributed by atoms with Crippen molar-refractivity contribution in [1.29, 1.82) is 0 Å². The summed E-state index contributed by atoms with van der Waals surface area (Å²) in [6.45, 7) is 10.7. The van der Waals surface area contributed by atoms with Crippen molar-refractivity contribution in [2.24, 2.45) is 11.8 Å². The number of para-hydroxylation sites is 2. The summed E-state index contributed by atoms with van der Waals surface area (Å²) in [5, 5.41) is 17.3. The molecular formula is C41H47N3O3. The Morgan fingerprint density at radius 1 is 0.702 bits per heavy atom. The molecule has 0 bridgehead atoms. The van der Waals surface area contributed by atoms with Gasteiger partial charge in [-0.05, 0) is 71.6 Å². The molecule has 3 N–H and O–H groups in total. The van der Waals surface area contributed by atoms with Crippen molar-refractivity contribution in [3.8, 4) is 0 Å². The van der Waals surface area contributed by atoms with Crippen LogP contribution < -0.4 is 10.6 Å². The Kier molecular flexibility index (Phi) is 11.2. The van der Waals surface area contributed by atoms with Crippen LogP contribution in [0.5, 0.6) is 0 Å². The molecule has 5 aromatic rings. The lowest BCUT2D eigenvalue weighted by molar-refractivity contribution is -0.137. The summed E-state index contributed by atoms with van der Waals surface area (Å²) in [6, 6.07) is 31.0. The number of carboxylic acids is 1. The van der Waals surface area contributed by atoms with Gasteiger partial charge in [0.05, 0.1) is 11.4 Å². The van der Waals surface area contributed by atoms with Crippen molar-refractivity contribution in [3.63, 3.8) is 0 Å². The lowest BCUT2D eigenvalue weighted by Crippen LogP contribution is -2.12. The third-order valence-electron chi connectivity index (χ3n) is 8.35. The summed E-state index contributed by atoms with van der Waals surface area (Å²) in [4.78, 5) is 25.6. The number of aryl methyl sites for hydroxylation is 1. The van der Waals surface area contributed by atoms with Crippen molar-refractivity contribution in [2.75, 3.05) is 10.6 Å². The monoisotopic (exact) mass is 629 g/mol. The van der Waals surface area contributed by atoms with Gasteiger partial charge in [0.25, 0.3) is 0 Å². The van der Waals surface area contributed by atoms with Crippen LogP contribution >= 0.6 is 0 Å². The molecule has 0 atom stereocenters. The second kappa shape index (κ2) is 15.6. The Bertz CT molecular complexity index is 1840. The van der Waals surface area contributed by atoms with Crippen LogP contribution in [0.1, 0.15) is 78.7 Å². The molecule has 0 aliphatic carbocycles. The zero-order valence-electron chi connectivity index (χ0n) is 28.1. The number of hydrogen-bond donors (Lipinski definition) is 3. The predicted octanol–water partition coefficient (Wildman–Crippen LogP) is 9.36. The maximum atomic E-state index is 14.5. The maximum absolute atomic E-state index is 14.5. The van der Waals surface area contributed by atoms with Crippen LogP contribution in [0.3, 0.4) is 0 Å². The molecule has 5 rings (SSSR count). The molecule has 0 aliphatic heterocycles. The zero-order chi connectivity index (χ0) is 33.3. The first-order chi connectivity index (χ1) is 22.7. The second-order valence-corrected chi connectivity index (χ2v) is 13.4. The van der Waals surface area contributed by atoms with Gasteiger partial charge in [-0.15, -0.1) is 0 Å². The fraction of sp³-hybridized carbons (Fsp3) is 0.317. The molecule has 0 amide bonds. The van der Waals surface area contributed by atoms with Gasteiger partial charge >= 0.3 is 5.97 Å². The zero-order valence-corrected chi connectivity index (χ0v) is 28.1. The topological polar surface area (TPSA) is 83.4 Å². The molecule has 6 nitrogen and oxygen atoms in total. The molecule has 0 unspecified atom stereocenters. The summed E-state index contributed by atoms with van der Waals surface area (Å²) < 4.78 is 2.01. The van der Waals surface area contributed by atoms with Crippen LogP contribution in [-0.2, 0) is 37.3 Å². The molecule has 0 radical (unpaired) electrons. The Morgan fingerprint density at radius 2 is 1.30 bits per heavy atom. The van der Waals surface area contributed by atoms with Crippen LogP contribution in [0, 0.1) is 11.8 Å². The number of rotatable bonds is 16. The van der Waals surface area contributed by atoms with E-state index in [-0.39, 0.29) is 12.2 Å². The minimum Gasteiger partial charge on any atom is -0.481 e. The van der Waals surface area contributed by atoms with Crippen LogP contribution in [0.25, 0.3) is 10.9 Å². The number of carbonyl (C=O) groups is 2. The number of fused-ring (bicyclic) bond motifs is 1. The number of anilines is 2. The van der Waals surface area contributed by atoms with Gasteiger partial charge < -0.3 is 20.3 Å². The fourth-order valence-corrected chi connectivity index (χ4v) is 6.30. The number of carboxylic acid groups (broad SMARTS) is 1. The van der Waals surface area contributed by atoms with Crippen LogP contribution in [-0.4, -0.2) is 21.4 Å². The first-order valence-electron chi connectivity index (χ1n) is 16.8. The third kappa shape index (κ3) is 8.91. The molecule has 0 saturated carbocycles. The van der Waals surface area contributed by atoms with E-state index in [0.717, 1.165) is 40.7 Å². The van der Waals surface area contributed by atoms with E-state index in [1.807, 2.05) is 53.2 Å². The van der Waals surface area contributed by atoms with Gasteiger partial charge in [-0.25, -0.2) is 0 Å². The average Bonchev–Trinajstić information content (AvgIpc) is 3.40. The van der Waals surface area contributed by atoms with Gasteiger partial charge in [0.2, 0.25) is 0 Å². The number of aliphatic carboxylic acids is 1.